The number of ether oxygens (including phenoxy) is 1. The number of rotatable bonds is 8. The summed E-state index contributed by atoms with van der Waals surface area (Å²) in [7, 11) is -3.18. The summed E-state index contributed by atoms with van der Waals surface area (Å²) in [5.41, 5.74) is 0.571. The molecule has 0 aliphatic carbocycles. The van der Waals surface area contributed by atoms with E-state index in [-0.39, 0.29) is 17.9 Å². The second-order valence-electron chi connectivity index (χ2n) is 6.78. The fourth-order valence-corrected chi connectivity index (χ4v) is 4.33. The molecule has 0 radical (unpaired) electrons. The van der Waals surface area contributed by atoms with Gasteiger partial charge in [0.2, 0.25) is 15.9 Å². The zero-order valence-electron chi connectivity index (χ0n) is 16.8. The number of nitrogens with one attached hydrogen (secondary N) is 2. The molecular weight excluding hydrogens is 445 g/mol. The normalized spacial score (nSPS) is 12.2. The maximum atomic E-state index is 13.7. The van der Waals surface area contributed by atoms with E-state index in [1.165, 1.54) is 7.11 Å². The molecule has 168 valence electrons. The van der Waals surface area contributed by atoms with Crippen LogP contribution in [0.2, 0.25) is 0 Å². The summed E-state index contributed by atoms with van der Waals surface area (Å²) < 4.78 is 73.6. The number of amides is 1. The van der Waals surface area contributed by atoms with Crippen molar-refractivity contribution >= 4 is 21.6 Å². The highest BCUT2D eigenvalue weighted by Gasteiger charge is 2.29. The van der Waals surface area contributed by atoms with Gasteiger partial charge in [-0.2, -0.15) is 4.72 Å². The average Bonchev–Trinajstić information content (AvgIpc) is 2.76. The van der Waals surface area contributed by atoms with Crippen LogP contribution in [0.3, 0.4) is 0 Å². The standard InChI is InChI=1S/C22H19F3N2O4S/c1-31-20-10-7-15(23)12-21(20)32(29,30)27-19(11-14-5-3-2-4-6-14)22(28)26-16-8-9-17(24)18(25)13-16/h2-10,12-13,19,27H,11H2,1H3,(H,26,28). The SMILES string of the molecule is COc1ccc(F)cc1S(=O)(=O)NC(Cc1ccccc1)C(=O)Nc1ccc(F)c(F)c1. The Morgan fingerprint density at radius 1 is 0.969 bits per heavy atom. The molecule has 0 aliphatic rings. The van der Waals surface area contributed by atoms with Crippen molar-refractivity contribution in [3.05, 3.63) is 89.7 Å². The number of halogens is 3. The molecule has 0 saturated heterocycles. The van der Waals surface area contributed by atoms with Crippen LogP contribution in [-0.2, 0) is 21.2 Å². The molecule has 0 bridgehead atoms. The van der Waals surface area contributed by atoms with Crippen molar-refractivity contribution in [1.82, 2.24) is 4.72 Å². The second-order valence-corrected chi connectivity index (χ2v) is 8.46. The predicted molar refractivity (Wildman–Crippen MR) is 112 cm³/mol. The number of hydrogen-bond acceptors (Lipinski definition) is 4. The van der Waals surface area contributed by atoms with E-state index in [2.05, 4.69) is 10.0 Å². The molecular formula is C22H19F3N2O4S. The quantitative estimate of drug-likeness (QED) is 0.533. The predicted octanol–water partition coefficient (Wildman–Crippen LogP) is 3.64. The van der Waals surface area contributed by atoms with Crippen LogP contribution in [0.25, 0.3) is 0 Å². The van der Waals surface area contributed by atoms with Crippen molar-refractivity contribution in [1.29, 1.82) is 0 Å². The van der Waals surface area contributed by atoms with Gasteiger partial charge in [0.25, 0.3) is 0 Å². The molecule has 3 aromatic carbocycles. The lowest BCUT2D eigenvalue weighted by Gasteiger charge is -2.20. The molecule has 0 aliphatic heterocycles. The fourth-order valence-electron chi connectivity index (χ4n) is 2.95. The van der Waals surface area contributed by atoms with Gasteiger partial charge in [0.15, 0.2) is 11.6 Å². The number of carbonyl (C=O) groups is 1. The summed E-state index contributed by atoms with van der Waals surface area (Å²) in [5, 5.41) is 2.37. The lowest BCUT2D eigenvalue weighted by Crippen LogP contribution is -2.45. The van der Waals surface area contributed by atoms with Crippen LogP contribution in [0.4, 0.5) is 18.9 Å². The number of hydrogen-bond donors (Lipinski definition) is 2. The Kier molecular flexibility index (Phi) is 7.16. The van der Waals surface area contributed by atoms with Crippen molar-refractivity contribution in [2.45, 2.75) is 17.4 Å². The van der Waals surface area contributed by atoms with Crippen molar-refractivity contribution in [3.63, 3.8) is 0 Å². The van der Waals surface area contributed by atoms with Crippen LogP contribution in [0.1, 0.15) is 5.56 Å². The van der Waals surface area contributed by atoms with Crippen LogP contribution >= 0.6 is 0 Å². The highest BCUT2D eigenvalue weighted by atomic mass is 32.2. The number of sulfonamides is 1. The lowest BCUT2D eigenvalue weighted by atomic mass is 10.1. The molecule has 0 saturated carbocycles. The minimum Gasteiger partial charge on any atom is -0.495 e. The Hall–Kier alpha value is -3.37. The van der Waals surface area contributed by atoms with Gasteiger partial charge in [-0.15, -0.1) is 0 Å². The molecule has 1 amide bonds. The van der Waals surface area contributed by atoms with E-state index < -0.39 is 44.3 Å². The molecule has 0 spiro atoms. The van der Waals surface area contributed by atoms with Crippen LogP contribution < -0.4 is 14.8 Å². The molecule has 0 heterocycles. The maximum Gasteiger partial charge on any atom is 0.245 e. The van der Waals surface area contributed by atoms with Gasteiger partial charge < -0.3 is 10.1 Å². The topological polar surface area (TPSA) is 84.5 Å². The minimum atomic E-state index is -4.41. The summed E-state index contributed by atoms with van der Waals surface area (Å²) in [6, 6.07) is 12.9. The van der Waals surface area contributed by atoms with Gasteiger partial charge >= 0.3 is 0 Å². The van der Waals surface area contributed by atoms with Gasteiger partial charge in [0, 0.05) is 11.8 Å². The maximum absolute atomic E-state index is 13.7. The molecule has 1 atom stereocenters. The van der Waals surface area contributed by atoms with Gasteiger partial charge in [-0.25, -0.2) is 21.6 Å². The molecule has 6 nitrogen and oxygen atoms in total. The van der Waals surface area contributed by atoms with Crippen LogP contribution in [0, 0.1) is 17.5 Å². The highest BCUT2D eigenvalue weighted by molar-refractivity contribution is 7.89. The van der Waals surface area contributed by atoms with Crippen LogP contribution in [0.15, 0.2) is 71.6 Å². The molecule has 3 aromatic rings. The van der Waals surface area contributed by atoms with Crippen molar-refractivity contribution in [3.8, 4) is 5.75 Å². The van der Waals surface area contributed by atoms with Crippen molar-refractivity contribution < 1.29 is 31.1 Å². The zero-order chi connectivity index (χ0) is 23.3. The number of anilines is 1. The van der Waals surface area contributed by atoms with E-state index in [1.54, 1.807) is 30.3 Å². The van der Waals surface area contributed by atoms with Crippen LogP contribution in [-0.4, -0.2) is 27.5 Å². The fraction of sp³-hybridized carbons (Fsp3) is 0.136. The van der Waals surface area contributed by atoms with Gasteiger partial charge in [-0.3, -0.25) is 4.79 Å². The first-order valence-corrected chi connectivity index (χ1v) is 10.8. The molecule has 2 N–H and O–H groups in total. The van der Waals surface area contributed by atoms with Crippen LogP contribution in [0.5, 0.6) is 5.75 Å². The van der Waals surface area contributed by atoms with Crippen molar-refractivity contribution in [2.24, 2.45) is 0 Å². The molecule has 0 aromatic heterocycles. The summed E-state index contributed by atoms with van der Waals surface area (Å²) >= 11 is 0. The van der Waals surface area contributed by atoms with E-state index in [4.69, 9.17) is 4.74 Å². The monoisotopic (exact) mass is 464 g/mol. The lowest BCUT2D eigenvalue weighted by molar-refractivity contribution is -0.117. The molecule has 10 heteroatoms. The Labute approximate surface area is 183 Å². The number of methoxy groups -OCH3 is 1. The first-order chi connectivity index (χ1) is 15.2. The van der Waals surface area contributed by atoms with Gasteiger partial charge in [0.05, 0.1) is 7.11 Å². The summed E-state index contributed by atoms with van der Waals surface area (Å²) in [6.45, 7) is 0. The smallest absolute Gasteiger partial charge is 0.245 e. The number of benzene rings is 3. The third-order valence-electron chi connectivity index (χ3n) is 4.50. The molecule has 0 fully saturated rings. The largest absolute Gasteiger partial charge is 0.495 e. The Morgan fingerprint density at radius 3 is 2.34 bits per heavy atom. The Morgan fingerprint density at radius 2 is 1.69 bits per heavy atom. The minimum absolute atomic E-state index is 0.0607. The molecule has 32 heavy (non-hydrogen) atoms. The van der Waals surface area contributed by atoms with E-state index in [9.17, 15) is 26.4 Å². The van der Waals surface area contributed by atoms with Gasteiger partial charge in [0.1, 0.15) is 22.5 Å². The Balaban J connectivity index is 1.92. The van der Waals surface area contributed by atoms with Crippen molar-refractivity contribution in [2.75, 3.05) is 12.4 Å². The highest BCUT2D eigenvalue weighted by Crippen LogP contribution is 2.25. The second kappa shape index (κ2) is 9.84. The summed E-state index contributed by atoms with van der Waals surface area (Å²) in [5.74, 6) is -4.01. The molecule has 1 unspecified atom stereocenters. The third kappa shape index (κ3) is 5.65. The summed E-state index contributed by atoms with van der Waals surface area (Å²) in [4.78, 5) is 12.4. The molecule has 3 rings (SSSR count). The van der Waals surface area contributed by atoms with E-state index in [0.29, 0.717) is 5.56 Å². The van der Waals surface area contributed by atoms with E-state index in [1.807, 2.05) is 0 Å². The summed E-state index contributed by atoms with van der Waals surface area (Å²) in [6.07, 6.45) is -0.0623. The third-order valence-corrected chi connectivity index (χ3v) is 5.99. The first kappa shape index (κ1) is 23.3. The zero-order valence-corrected chi connectivity index (χ0v) is 17.6. The number of carbonyl (C=O) groups excluding carboxylic acids is 1. The van der Waals surface area contributed by atoms with E-state index in [0.717, 1.165) is 36.4 Å². The Bertz CT molecular complexity index is 1220. The van der Waals surface area contributed by atoms with Gasteiger partial charge in [-0.1, -0.05) is 30.3 Å². The van der Waals surface area contributed by atoms with E-state index >= 15 is 0 Å². The van der Waals surface area contributed by atoms with Gasteiger partial charge in [-0.05, 0) is 42.3 Å². The average molecular weight is 464 g/mol. The first-order valence-electron chi connectivity index (χ1n) is 9.35.